The Morgan fingerprint density at radius 3 is 2.30 bits per heavy atom. The molecule has 2 aliphatic heterocycles. The molecule has 2 amide bonds. The van der Waals surface area contributed by atoms with Crippen LogP contribution in [0, 0.1) is 20.8 Å². The molecule has 0 saturated carbocycles. The Hall–Kier alpha value is -3.00. The molecule has 40 heavy (non-hydrogen) atoms. The average Bonchev–Trinajstić information content (AvgIpc) is 3.39. The number of H-pyrrole nitrogens is 1. The Morgan fingerprint density at radius 1 is 1.00 bits per heavy atom. The number of benzene rings is 2. The number of aromatic amines is 1. The molecule has 7 heteroatoms. The number of aromatic nitrogens is 1. The highest BCUT2D eigenvalue weighted by Crippen LogP contribution is 2.31. The van der Waals surface area contributed by atoms with Gasteiger partial charge in [-0.2, -0.15) is 0 Å². The van der Waals surface area contributed by atoms with Crippen molar-refractivity contribution in [1.82, 2.24) is 19.7 Å². The van der Waals surface area contributed by atoms with Gasteiger partial charge in [-0.05, 0) is 93.4 Å². The quantitative estimate of drug-likeness (QED) is 0.439. The van der Waals surface area contributed by atoms with Gasteiger partial charge in [-0.3, -0.25) is 19.4 Å². The maximum atomic E-state index is 14.4. The number of hydrogen-bond acceptors (Lipinski definition) is 5. The fraction of sp³-hybridized carbons (Fsp3) is 0.515. The van der Waals surface area contributed by atoms with E-state index in [4.69, 9.17) is 5.73 Å². The minimum atomic E-state index is -0.627. The molecule has 2 aromatic carbocycles. The standard InChI is InChI=1S/C33H45N5O2/c1-22-18-26(19-23(2)24(22)3)21-38(25(4)39)33(40)32(31(34)29-20-35-30-11-7-6-10-28(29)30)37-16-12-27(13-17-37)36-14-8-5-9-15-36/h6-7,10-11,18-20,27,31-32,35H,5,8-9,12-17,21,34H2,1-4H3. The summed E-state index contributed by atoms with van der Waals surface area (Å²) in [6.45, 7) is 11.9. The summed E-state index contributed by atoms with van der Waals surface area (Å²) in [4.78, 5) is 37.1. The minimum Gasteiger partial charge on any atom is -0.361 e. The molecule has 0 bridgehead atoms. The van der Waals surface area contributed by atoms with Crippen LogP contribution >= 0.6 is 0 Å². The molecular weight excluding hydrogens is 498 g/mol. The smallest absolute Gasteiger partial charge is 0.248 e. The van der Waals surface area contributed by atoms with E-state index in [2.05, 4.69) is 47.7 Å². The van der Waals surface area contributed by atoms with Gasteiger partial charge in [0, 0.05) is 43.2 Å². The molecule has 0 spiro atoms. The number of piperidine rings is 2. The van der Waals surface area contributed by atoms with Gasteiger partial charge in [0.25, 0.3) is 0 Å². The van der Waals surface area contributed by atoms with E-state index in [-0.39, 0.29) is 18.4 Å². The predicted octanol–water partition coefficient (Wildman–Crippen LogP) is 4.99. The third kappa shape index (κ3) is 5.87. The van der Waals surface area contributed by atoms with E-state index in [9.17, 15) is 9.59 Å². The fourth-order valence-corrected chi connectivity index (χ4v) is 6.79. The van der Waals surface area contributed by atoms with Crippen molar-refractivity contribution in [2.75, 3.05) is 26.2 Å². The number of nitrogens with one attached hydrogen (secondary N) is 1. The van der Waals surface area contributed by atoms with Gasteiger partial charge >= 0.3 is 0 Å². The molecule has 2 aliphatic rings. The zero-order chi connectivity index (χ0) is 28.4. The Labute approximate surface area is 238 Å². The summed E-state index contributed by atoms with van der Waals surface area (Å²) in [5, 5.41) is 1.02. The number of nitrogens with two attached hydrogens (primary N) is 1. The lowest BCUT2D eigenvalue weighted by Gasteiger charge is -2.44. The molecule has 0 aliphatic carbocycles. The molecule has 2 atom stereocenters. The lowest BCUT2D eigenvalue weighted by Crippen LogP contribution is -2.58. The predicted molar refractivity (Wildman–Crippen MR) is 161 cm³/mol. The van der Waals surface area contributed by atoms with Crippen LogP contribution in [0.25, 0.3) is 10.9 Å². The number of para-hydroxylation sites is 1. The van der Waals surface area contributed by atoms with Gasteiger partial charge in [-0.25, -0.2) is 0 Å². The number of carbonyl (C=O) groups excluding carboxylic acids is 2. The van der Waals surface area contributed by atoms with Crippen molar-refractivity contribution in [2.45, 2.75) is 84.5 Å². The van der Waals surface area contributed by atoms with Gasteiger partial charge in [0.15, 0.2) is 0 Å². The SMILES string of the molecule is CC(=O)N(Cc1cc(C)c(C)c(C)c1)C(=O)C(C(N)c1c[nH]c2ccccc12)N1CCC(N2CCCCC2)CC1. The zero-order valence-electron chi connectivity index (χ0n) is 24.6. The van der Waals surface area contributed by atoms with E-state index in [0.29, 0.717) is 6.04 Å². The van der Waals surface area contributed by atoms with Gasteiger partial charge in [0.05, 0.1) is 12.6 Å². The van der Waals surface area contributed by atoms with Gasteiger partial charge < -0.3 is 15.6 Å². The first-order chi connectivity index (χ1) is 19.2. The van der Waals surface area contributed by atoms with Crippen LogP contribution in [0.4, 0.5) is 0 Å². The molecular formula is C33H45N5O2. The summed E-state index contributed by atoms with van der Waals surface area (Å²) < 4.78 is 0. The summed E-state index contributed by atoms with van der Waals surface area (Å²) in [6, 6.07) is 11.6. The first-order valence-electron chi connectivity index (χ1n) is 14.9. The van der Waals surface area contributed by atoms with E-state index < -0.39 is 12.1 Å². The lowest BCUT2D eigenvalue weighted by molar-refractivity contribution is -0.149. The number of imide groups is 1. The first-order valence-corrected chi connectivity index (χ1v) is 14.9. The largest absolute Gasteiger partial charge is 0.361 e. The number of carbonyl (C=O) groups is 2. The van der Waals surface area contributed by atoms with Crippen molar-refractivity contribution in [3.05, 3.63) is 70.4 Å². The Balaban J connectivity index is 1.44. The monoisotopic (exact) mass is 543 g/mol. The summed E-state index contributed by atoms with van der Waals surface area (Å²) in [5.74, 6) is -0.460. The van der Waals surface area contributed by atoms with E-state index in [1.807, 2.05) is 30.5 Å². The zero-order valence-corrected chi connectivity index (χ0v) is 24.6. The molecule has 5 rings (SSSR count). The highest BCUT2D eigenvalue weighted by molar-refractivity contribution is 5.98. The number of amides is 2. The maximum absolute atomic E-state index is 14.4. The number of hydrogen-bond donors (Lipinski definition) is 2. The van der Waals surface area contributed by atoms with Crippen molar-refractivity contribution < 1.29 is 9.59 Å². The second-order valence-electron chi connectivity index (χ2n) is 11.9. The number of nitrogens with zero attached hydrogens (tertiary/aromatic N) is 3. The molecule has 2 fully saturated rings. The minimum absolute atomic E-state index is 0.211. The van der Waals surface area contributed by atoms with Crippen LogP contribution in [-0.4, -0.2) is 69.8 Å². The van der Waals surface area contributed by atoms with E-state index in [1.165, 1.54) is 49.7 Å². The Bertz CT molecular complexity index is 1330. The third-order valence-corrected chi connectivity index (χ3v) is 9.35. The summed E-state index contributed by atoms with van der Waals surface area (Å²) in [5.41, 5.74) is 13.5. The molecule has 7 nitrogen and oxygen atoms in total. The molecule has 3 N–H and O–H groups in total. The van der Waals surface area contributed by atoms with Gasteiger partial charge in [0.2, 0.25) is 11.8 Å². The van der Waals surface area contributed by atoms with Crippen LogP contribution < -0.4 is 5.73 Å². The average molecular weight is 544 g/mol. The second kappa shape index (κ2) is 12.2. The van der Waals surface area contributed by atoms with E-state index in [0.717, 1.165) is 59.1 Å². The number of fused-ring (bicyclic) bond motifs is 1. The first kappa shape index (κ1) is 28.5. The van der Waals surface area contributed by atoms with Crippen LogP contribution in [0.15, 0.2) is 42.6 Å². The van der Waals surface area contributed by atoms with Gasteiger partial charge in [-0.1, -0.05) is 36.8 Å². The van der Waals surface area contributed by atoms with Crippen molar-refractivity contribution in [1.29, 1.82) is 0 Å². The highest BCUT2D eigenvalue weighted by atomic mass is 16.2. The summed E-state index contributed by atoms with van der Waals surface area (Å²) >= 11 is 0. The van der Waals surface area contributed by atoms with Crippen molar-refractivity contribution >= 4 is 22.7 Å². The number of likely N-dealkylation sites (tertiary alicyclic amines) is 2. The third-order valence-electron chi connectivity index (χ3n) is 9.35. The molecule has 214 valence electrons. The highest BCUT2D eigenvalue weighted by Gasteiger charge is 2.40. The van der Waals surface area contributed by atoms with Crippen LogP contribution in [0.3, 0.4) is 0 Å². The van der Waals surface area contributed by atoms with Crippen molar-refractivity contribution in [2.24, 2.45) is 5.73 Å². The Kier molecular flexibility index (Phi) is 8.74. The van der Waals surface area contributed by atoms with E-state index >= 15 is 0 Å². The van der Waals surface area contributed by atoms with Crippen molar-refractivity contribution in [3.63, 3.8) is 0 Å². The van der Waals surface area contributed by atoms with Crippen LogP contribution in [-0.2, 0) is 16.1 Å². The summed E-state index contributed by atoms with van der Waals surface area (Å²) in [6.07, 6.45) is 7.84. The molecule has 1 aromatic heterocycles. The maximum Gasteiger partial charge on any atom is 0.248 e. The molecule has 3 aromatic rings. The van der Waals surface area contributed by atoms with Crippen LogP contribution in [0.2, 0.25) is 0 Å². The molecule has 2 saturated heterocycles. The molecule has 3 heterocycles. The van der Waals surface area contributed by atoms with E-state index in [1.54, 1.807) is 0 Å². The van der Waals surface area contributed by atoms with Crippen molar-refractivity contribution in [3.8, 4) is 0 Å². The topological polar surface area (TPSA) is 85.7 Å². The molecule has 0 radical (unpaired) electrons. The number of rotatable bonds is 7. The second-order valence-corrected chi connectivity index (χ2v) is 11.9. The fourth-order valence-electron chi connectivity index (χ4n) is 6.79. The Morgan fingerprint density at radius 2 is 1.65 bits per heavy atom. The normalized spacial score (nSPS) is 19.0. The lowest BCUT2D eigenvalue weighted by atomic mass is 9.93. The summed E-state index contributed by atoms with van der Waals surface area (Å²) in [7, 11) is 0. The molecule has 2 unspecified atom stereocenters. The number of aryl methyl sites for hydroxylation is 2. The van der Waals surface area contributed by atoms with Crippen LogP contribution in [0.5, 0.6) is 0 Å². The van der Waals surface area contributed by atoms with Gasteiger partial charge in [0.1, 0.15) is 6.04 Å². The van der Waals surface area contributed by atoms with Crippen LogP contribution in [0.1, 0.15) is 72.9 Å². The van der Waals surface area contributed by atoms with Gasteiger partial charge in [-0.15, -0.1) is 0 Å².